The van der Waals surface area contributed by atoms with E-state index in [-0.39, 0.29) is 29.8 Å². The molecule has 0 aliphatic rings. The third-order valence-electron chi connectivity index (χ3n) is 4.68. The fourth-order valence-electron chi connectivity index (χ4n) is 3.16. The van der Waals surface area contributed by atoms with Crippen molar-refractivity contribution < 1.29 is 17.9 Å². The summed E-state index contributed by atoms with van der Waals surface area (Å²) in [6.07, 6.45) is 0.0461. The molecule has 3 aromatic rings. The van der Waals surface area contributed by atoms with Crippen molar-refractivity contribution in [1.82, 2.24) is 10.0 Å². The molecule has 1 atom stereocenters. The zero-order chi connectivity index (χ0) is 20.9. The summed E-state index contributed by atoms with van der Waals surface area (Å²) in [4.78, 5) is 12.4. The molecule has 0 unspecified atom stereocenters. The Morgan fingerprint density at radius 2 is 1.69 bits per heavy atom. The molecule has 1 amide bonds. The van der Waals surface area contributed by atoms with Crippen LogP contribution in [0.4, 0.5) is 0 Å². The lowest BCUT2D eigenvalue weighted by Crippen LogP contribution is -2.32. The number of rotatable bonds is 8. The van der Waals surface area contributed by atoms with Gasteiger partial charge in [0.1, 0.15) is 5.75 Å². The zero-order valence-electron chi connectivity index (χ0n) is 16.4. The molecule has 0 saturated carbocycles. The van der Waals surface area contributed by atoms with Crippen molar-refractivity contribution in [3.05, 3.63) is 72.3 Å². The molecular formula is C22H24N2O4S. The highest BCUT2D eigenvalue weighted by Crippen LogP contribution is 2.24. The van der Waals surface area contributed by atoms with E-state index < -0.39 is 10.0 Å². The molecule has 0 heterocycles. The Morgan fingerprint density at radius 1 is 1.00 bits per heavy atom. The van der Waals surface area contributed by atoms with Gasteiger partial charge in [0.25, 0.3) is 0 Å². The third kappa shape index (κ3) is 5.13. The van der Waals surface area contributed by atoms with Crippen LogP contribution in [0, 0.1) is 0 Å². The van der Waals surface area contributed by atoms with Crippen LogP contribution in [0.5, 0.6) is 5.75 Å². The zero-order valence-corrected chi connectivity index (χ0v) is 17.2. The van der Waals surface area contributed by atoms with Crippen LogP contribution < -0.4 is 14.8 Å². The highest BCUT2D eigenvalue weighted by molar-refractivity contribution is 7.89. The minimum Gasteiger partial charge on any atom is -0.497 e. The lowest BCUT2D eigenvalue weighted by Gasteiger charge is -2.17. The quantitative estimate of drug-likeness (QED) is 0.594. The minimum absolute atomic E-state index is 0.0163. The number of carbonyl (C=O) groups excluding carboxylic acids is 1. The molecule has 0 aliphatic carbocycles. The van der Waals surface area contributed by atoms with Gasteiger partial charge in [0.15, 0.2) is 0 Å². The summed E-state index contributed by atoms with van der Waals surface area (Å²) in [5.74, 6) is 0.355. The van der Waals surface area contributed by atoms with Gasteiger partial charge in [-0.25, -0.2) is 13.1 Å². The van der Waals surface area contributed by atoms with Crippen LogP contribution in [-0.4, -0.2) is 28.0 Å². The molecule has 7 heteroatoms. The molecule has 29 heavy (non-hydrogen) atoms. The Kier molecular flexibility index (Phi) is 6.51. The smallest absolute Gasteiger partial charge is 0.240 e. The molecule has 152 valence electrons. The number of hydrogen-bond acceptors (Lipinski definition) is 4. The average Bonchev–Trinajstić information content (AvgIpc) is 2.73. The summed E-state index contributed by atoms with van der Waals surface area (Å²) < 4.78 is 32.1. The number of methoxy groups -OCH3 is 1. The molecule has 0 fully saturated rings. The second kappa shape index (κ2) is 9.07. The monoisotopic (exact) mass is 412 g/mol. The normalized spacial score (nSPS) is 12.5. The van der Waals surface area contributed by atoms with Crippen LogP contribution in [0.1, 0.15) is 24.9 Å². The van der Waals surface area contributed by atoms with Gasteiger partial charge in [0.2, 0.25) is 15.9 Å². The van der Waals surface area contributed by atoms with E-state index in [9.17, 15) is 13.2 Å². The number of hydrogen-bond donors (Lipinski definition) is 2. The van der Waals surface area contributed by atoms with Crippen LogP contribution in [0.15, 0.2) is 71.6 Å². The molecule has 0 aromatic heterocycles. The third-order valence-corrected chi connectivity index (χ3v) is 6.16. The maximum atomic E-state index is 12.3. The number of ether oxygens (including phenoxy) is 1. The van der Waals surface area contributed by atoms with E-state index in [0.717, 1.165) is 16.3 Å². The van der Waals surface area contributed by atoms with Crippen molar-refractivity contribution >= 4 is 26.7 Å². The van der Waals surface area contributed by atoms with Crippen molar-refractivity contribution in [3.8, 4) is 5.75 Å². The summed E-state index contributed by atoms with van der Waals surface area (Å²) >= 11 is 0. The lowest BCUT2D eigenvalue weighted by molar-refractivity contribution is -0.121. The van der Waals surface area contributed by atoms with Crippen molar-refractivity contribution in [2.45, 2.75) is 24.3 Å². The molecule has 0 bridgehead atoms. The van der Waals surface area contributed by atoms with Gasteiger partial charge in [-0.3, -0.25) is 4.79 Å². The molecule has 2 N–H and O–H groups in total. The largest absolute Gasteiger partial charge is 0.497 e. The summed E-state index contributed by atoms with van der Waals surface area (Å²) in [6.45, 7) is 1.93. The first-order valence-electron chi connectivity index (χ1n) is 9.31. The number of carbonyl (C=O) groups is 1. The van der Waals surface area contributed by atoms with Gasteiger partial charge in [0, 0.05) is 13.0 Å². The summed E-state index contributed by atoms with van der Waals surface area (Å²) in [7, 11) is -2.16. The molecule has 0 radical (unpaired) electrons. The number of sulfonamides is 1. The van der Waals surface area contributed by atoms with Crippen molar-refractivity contribution in [1.29, 1.82) is 0 Å². The van der Waals surface area contributed by atoms with Crippen LogP contribution in [0.25, 0.3) is 10.8 Å². The molecule has 6 nitrogen and oxygen atoms in total. The first-order valence-corrected chi connectivity index (χ1v) is 10.8. The van der Waals surface area contributed by atoms with Gasteiger partial charge in [-0.1, -0.05) is 42.5 Å². The van der Waals surface area contributed by atoms with E-state index >= 15 is 0 Å². The highest BCUT2D eigenvalue weighted by Gasteiger charge is 2.16. The van der Waals surface area contributed by atoms with E-state index in [1.807, 2.05) is 49.4 Å². The average molecular weight is 413 g/mol. The number of fused-ring (bicyclic) bond motifs is 1. The van der Waals surface area contributed by atoms with E-state index in [0.29, 0.717) is 5.75 Å². The number of benzene rings is 3. The van der Waals surface area contributed by atoms with Crippen LogP contribution in [0.2, 0.25) is 0 Å². The maximum absolute atomic E-state index is 12.3. The number of nitrogens with one attached hydrogen (secondary N) is 2. The number of amides is 1. The lowest BCUT2D eigenvalue weighted by atomic mass is 9.99. The predicted octanol–water partition coefficient (Wildman–Crippen LogP) is 3.39. The minimum atomic E-state index is -3.68. The molecular weight excluding hydrogens is 388 g/mol. The van der Waals surface area contributed by atoms with E-state index in [2.05, 4.69) is 10.0 Å². The molecule has 0 spiro atoms. The van der Waals surface area contributed by atoms with E-state index in [1.165, 1.54) is 19.2 Å². The first kappa shape index (κ1) is 20.8. The second-order valence-electron chi connectivity index (χ2n) is 6.68. The molecule has 3 aromatic carbocycles. The van der Waals surface area contributed by atoms with Crippen LogP contribution in [0.3, 0.4) is 0 Å². The van der Waals surface area contributed by atoms with Gasteiger partial charge >= 0.3 is 0 Å². The first-order chi connectivity index (χ1) is 13.9. The highest BCUT2D eigenvalue weighted by atomic mass is 32.2. The summed E-state index contributed by atoms with van der Waals surface area (Å²) in [5, 5.41) is 5.13. The summed E-state index contributed by atoms with van der Waals surface area (Å²) in [5.41, 5.74) is 1.02. The Balaban J connectivity index is 1.56. The standard InChI is InChI=1S/C22H24N2O4S/c1-16(20-9-5-7-17-6-3-4-8-21(17)20)24-22(25)14-15-23-29(26,27)19-12-10-18(28-2)11-13-19/h3-13,16,23H,14-15H2,1-2H3,(H,24,25)/t16-/m0/s1. The topological polar surface area (TPSA) is 84.5 Å². The summed E-state index contributed by atoms with van der Waals surface area (Å²) in [6, 6.07) is 19.9. The second-order valence-corrected chi connectivity index (χ2v) is 8.45. The van der Waals surface area contributed by atoms with Gasteiger partial charge in [-0.05, 0) is 47.5 Å². The van der Waals surface area contributed by atoms with Gasteiger partial charge in [0.05, 0.1) is 18.0 Å². The van der Waals surface area contributed by atoms with Crippen LogP contribution >= 0.6 is 0 Å². The van der Waals surface area contributed by atoms with Crippen LogP contribution in [-0.2, 0) is 14.8 Å². The Morgan fingerprint density at radius 3 is 2.41 bits per heavy atom. The SMILES string of the molecule is COc1ccc(S(=O)(=O)NCCC(=O)N[C@@H](C)c2cccc3ccccc23)cc1. The van der Waals surface area contributed by atoms with Gasteiger partial charge < -0.3 is 10.1 Å². The van der Waals surface area contributed by atoms with E-state index in [4.69, 9.17) is 4.74 Å². The molecule has 0 saturated heterocycles. The van der Waals surface area contributed by atoms with Crippen molar-refractivity contribution in [2.75, 3.05) is 13.7 Å². The fourth-order valence-corrected chi connectivity index (χ4v) is 4.19. The maximum Gasteiger partial charge on any atom is 0.240 e. The van der Waals surface area contributed by atoms with Gasteiger partial charge in [-0.2, -0.15) is 0 Å². The van der Waals surface area contributed by atoms with Crippen molar-refractivity contribution in [2.24, 2.45) is 0 Å². The molecule has 3 rings (SSSR count). The Bertz CT molecular complexity index is 1090. The predicted molar refractivity (Wildman–Crippen MR) is 113 cm³/mol. The van der Waals surface area contributed by atoms with Crippen molar-refractivity contribution in [3.63, 3.8) is 0 Å². The fraction of sp³-hybridized carbons (Fsp3) is 0.227. The Labute approximate surface area is 170 Å². The Hall–Kier alpha value is -2.90. The van der Waals surface area contributed by atoms with Gasteiger partial charge in [-0.15, -0.1) is 0 Å². The molecule has 0 aliphatic heterocycles. The van der Waals surface area contributed by atoms with E-state index in [1.54, 1.807) is 12.1 Å².